The van der Waals surface area contributed by atoms with Gasteiger partial charge >= 0.3 is 0 Å². The molecule has 5 heteroatoms. The fraction of sp³-hybridized carbons (Fsp3) is 0.250. The summed E-state index contributed by atoms with van der Waals surface area (Å²) in [6, 6.07) is 4.55. The van der Waals surface area contributed by atoms with E-state index in [0.717, 1.165) is 0 Å². The van der Waals surface area contributed by atoms with E-state index in [1.54, 1.807) is 6.07 Å². The Labute approximate surface area is 75.6 Å². The highest BCUT2D eigenvalue weighted by molar-refractivity contribution is 5.52. The highest BCUT2D eigenvalue weighted by Crippen LogP contribution is 2.26. The van der Waals surface area contributed by atoms with Crippen LogP contribution >= 0.6 is 0 Å². The molecule has 5 nitrogen and oxygen atoms in total. The Balaban J connectivity index is 3.07. The molecule has 0 aromatic heterocycles. The molecule has 0 aliphatic rings. The maximum atomic E-state index is 8.74. The lowest BCUT2D eigenvalue weighted by Crippen LogP contribution is -2.11. The topological polar surface area (TPSA) is 62.2 Å². The highest BCUT2D eigenvalue weighted by atomic mass is 16.8. The quantitative estimate of drug-likeness (QED) is 0.695. The van der Waals surface area contributed by atoms with Gasteiger partial charge in [0.15, 0.2) is 0 Å². The van der Waals surface area contributed by atoms with Crippen molar-refractivity contribution >= 4 is 5.69 Å². The van der Waals surface area contributed by atoms with Crippen LogP contribution in [0.15, 0.2) is 18.2 Å². The molecule has 0 bridgehead atoms. The number of anilines is 1. The molecule has 0 aliphatic carbocycles. The molecule has 0 spiro atoms. The fourth-order valence-electron chi connectivity index (χ4n) is 0.908. The minimum Gasteiger partial charge on any atom is -0.497 e. The normalized spacial score (nSPS) is 9.54. The molecular formula is C8H11NO4. The summed E-state index contributed by atoms with van der Waals surface area (Å²) in [5.74, 6) is 0.977. The molecule has 0 atom stereocenters. The zero-order valence-corrected chi connectivity index (χ0v) is 7.39. The molecule has 0 amide bonds. The number of ether oxygens (including phenoxy) is 2. The van der Waals surface area contributed by atoms with Crippen LogP contribution in [-0.2, 0) is 0 Å². The van der Waals surface area contributed by atoms with Crippen molar-refractivity contribution in [2.24, 2.45) is 0 Å². The zero-order chi connectivity index (χ0) is 9.84. The third kappa shape index (κ3) is 2.24. The van der Waals surface area contributed by atoms with E-state index in [2.05, 4.69) is 0 Å². The second-order valence-corrected chi connectivity index (χ2v) is 2.36. The molecule has 0 saturated heterocycles. The summed E-state index contributed by atoms with van der Waals surface area (Å²) in [5, 5.41) is 17.5. The largest absolute Gasteiger partial charge is 0.497 e. The monoisotopic (exact) mass is 185 g/mol. The molecular weight excluding hydrogens is 174 g/mol. The molecule has 1 rings (SSSR count). The van der Waals surface area contributed by atoms with Crippen LogP contribution in [0, 0.1) is 0 Å². The number of methoxy groups -OCH3 is 2. The molecule has 2 N–H and O–H groups in total. The highest BCUT2D eigenvalue weighted by Gasteiger charge is 2.04. The summed E-state index contributed by atoms with van der Waals surface area (Å²) in [6.07, 6.45) is 0. The average molecular weight is 185 g/mol. The van der Waals surface area contributed by atoms with Crippen LogP contribution in [0.3, 0.4) is 0 Å². The first-order valence-corrected chi connectivity index (χ1v) is 3.58. The van der Waals surface area contributed by atoms with Gasteiger partial charge in [0.2, 0.25) is 0 Å². The number of hydrogen-bond acceptors (Lipinski definition) is 5. The van der Waals surface area contributed by atoms with Gasteiger partial charge < -0.3 is 9.47 Å². The molecule has 0 radical (unpaired) electrons. The maximum absolute atomic E-state index is 8.74. The van der Waals surface area contributed by atoms with Gasteiger partial charge in [-0.3, -0.25) is 10.4 Å². The molecule has 0 heterocycles. The minimum absolute atomic E-state index is 0.00500. The van der Waals surface area contributed by atoms with Gasteiger partial charge in [-0.05, 0) is 0 Å². The molecule has 0 saturated carbocycles. The molecule has 1 aromatic rings. The Kier molecular flexibility index (Phi) is 2.94. The Morgan fingerprint density at radius 1 is 1.00 bits per heavy atom. The van der Waals surface area contributed by atoms with Crippen molar-refractivity contribution in [3.05, 3.63) is 18.2 Å². The van der Waals surface area contributed by atoms with Crippen molar-refractivity contribution < 1.29 is 19.9 Å². The van der Waals surface area contributed by atoms with Gasteiger partial charge in [-0.1, -0.05) is 0 Å². The van der Waals surface area contributed by atoms with E-state index < -0.39 is 0 Å². The van der Waals surface area contributed by atoms with Crippen LogP contribution in [0.1, 0.15) is 0 Å². The van der Waals surface area contributed by atoms with Crippen molar-refractivity contribution in [1.29, 1.82) is 0 Å². The SMILES string of the molecule is COc1cc(OC)cc(N(O)O)c1. The van der Waals surface area contributed by atoms with E-state index in [0.29, 0.717) is 11.5 Å². The number of nitrogens with zero attached hydrogens (tertiary/aromatic N) is 1. The number of hydrogen-bond donors (Lipinski definition) is 2. The van der Waals surface area contributed by atoms with E-state index in [9.17, 15) is 0 Å². The standard InChI is InChI=1S/C8H11NO4/c1-12-7-3-6(9(10)11)4-8(5-7)13-2/h3-5,10-11H,1-2H3. The molecule has 0 unspecified atom stereocenters. The van der Waals surface area contributed by atoms with Crippen LogP contribution in [0.5, 0.6) is 11.5 Å². The summed E-state index contributed by atoms with van der Waals surface area (Å²) < 4.78 is 9.84. The summed E-state index contributed by atoms with van der Waals surface area (Å²) in [6.45, 7) is 0. The predicted molar refractivity (Wildman–Crippen MR) is 45.6 cm³/mol. The lowest BCUT2D eigenvalue weighted by Gasteiger charge is -2.11. The summed E-state index contributed by atoms with van der Waals surface area (Å²) in [7, 11) is 2.97. The van der Waals surface area contributed by atoms with Crippen molar-refractivity contribution in [1.82, 2.24) is 0 Å². The second kappa shape index (κ2) is 3.97. The van der Waals surface area contributed by atoms with Crippen LogP contribution < -0.4 is 14.7 Å². The third-order valence-corrected chi connectivity index (χ3v) is 1.57. The van der Waals surface area contributed by atoms with Crippen LogP contribution in [0.25, 0.3) is 0 Å². The minimum atomic E-state index is 0.00500. The molecule has 0 aliphatic heterocycles. The Morgan fingerprint density at radius 3 is 1.77 bits per heavy atom. The Morgan fingerprint density at radius 2 is 1.46 bits per heavy atom. The Bertz CT molecular complexity index is 265. The van der Waals surface area contributed by atoms with E-state index in [1.165, 1.54) is 26.4 Å². The van der Waals surface area contributed by atoms with E-state index in [1.807, 2.05) is 0 Å². The van der Waals surface area contributed by atoms with Gasteiger partial charge in [0.05, 0.1) is 14.2 Å². The van der Waals surface area contributed by atoms with Crippen LogP contribution in [0.4, 0.5) is 5.69 Å². The van der Waals surface area contributed by atoms with Gasteiger partial charge in [0.1, 0.15) is 17.2 Å². The molecule has 13 heavy (non-hydrogen) atoms. The maximum Gasteiger partial charge on any atom is 0.124 e. The third-order valence-electron chi connectivity index (χ3n) is 1.57. The molecule has 1 aromatic carbocycles. The van der Waals surface area contributed by atoms with Crippen LogP contribution in [0.2, 0.25) is 0 Å². The Hall–Kier alpha value is -1.46. The van der Waals surface area contributed by atoms with Crippen LogP contribution in [-0.4, -0.2) is 24.6 Å². The second-order valence-electron chi connectivity index (χ2n) is 2.36. The molecule has 72 valence electrons. The van der Waals surface area contributed by atoms with Gasteiger partial charge in [0.25, 0.3) is 0 Å². The average Bonchev–Trinajstić information content (AvgIpc) is 2.16. The first-order valence-electron chi connectivity index (χ1n) is 3.58. The van der Waals surface area contributed by atoms with Gasteiger partial charge in [0, 0.05) is 18.2 Å². The van der Waals surface area contributed by atoms with Crippen molar-refractivity contribution in [3.63, 3.8) is 0 Å². The number of rotatable bonds is 3. The smallest absolute Gasteiger partial charge is 0.124 e. The van der Waals surface area contributed by atoms with Crippen molar-refractivity contribution in [3.8, 4) is 11.5 Å². The first-order chi connectivity index (χ1) is 6.17. The van der Waals surface area contributed by atoms with Gasteiger partial charge in [-0.15, -0.1) is 5.23 Å². The lowest BCUT2D eigenvalue weighted by atomic mass is 10.3. The van der Waals surface area contributed by atoms with Gasteiger partial charge in [-0.25, -0.2) is 0 Å². The van der Waals surface area contributed by atoms with Crippen molar-refractivity contribution in [2.45, 2.75) is 0 Å². The summed E-state index contributed by atoms with van der Waals surface area (Å²) in [5.41, 5.74) is 0.177. The fourth-order valence-corrected chi connectivity index (χ4v) is 0.908. The van der Waals surface area contributed by atoms with E-state index in [4.69, 9.17) is 19.9 Å². The van der Waals surface area contributed by atoms with E-state index in [-0.39, 0.29) is 10.9 Å². The lowest BCUT2D eigenvalue weighted by molar-refractivity contribution is 0.0289. The van der Waals surface area contributed by atoms with Gasteiger partial charge in [-0.2, -0.15) is 0 Å². The van der Waals surface area contributed by atoms with E-state index >= 15 is 0 Å². The zero-order valence-electron chi connectivity index (χ0n) is 7.39. The first kappa shape index (κ1) is 9.63. The van der Waals surface area contributed by atoms with Crippen molar-refractivity contribution in [2.75, 3.05) is 19.4 Å². The predicted octanol–water partition coefficient (Wildman–Crippen LogP) is 1.29. The summed E-state index contributed by atoms with van der Waals surface area (Å²) >= 11 is 0. The summed E-state index contributed by atoms with van der Waals surface area (Å²) in [4.78, 5) is 0. The molecule has 0 fully saturated rings. The number of benzene rings is 1.